The predicted molar refractivity (Wildman–Crippen MR) is 98.7 cm³/mol. The summed E-state index contributed by atoms with van der Waals surface area (Å²) in [4.78, 5) is 15.8. The summed E-state index contributed by atoms with van der Waals surface area (Å²) in [6.45, 7) is 5.15. The van der Waals surface area contributed by atoms with Crippen LogP contribution >= 0.6 is 0 Å². The first-order valence-electron chi connectivity index (χ1n) is 8.52. The van der Waals surface area contributed by atoms with E-state index in [1.165, 1.54) is 0 Å². The molecule has 6 nitrogen and oxygen atoms in total. The quantitative estimate of drug-likeness (QED) is 0.725. The van der Waals surface area contributed by atoms with Gasteiger partial charge >= 0.3 is 0 Å². The maximum atomic E-state index is 12.3. The number of likely N-dealkylation sites (N-methyl/N-ethyl adjacent to an activating group) is 2. The van der Waals surface area contributed by atoms with Gasteiger partial charge in [-0.05, 0) is 44.5 Å². The van der Waals surface area contributed by atoms with Gasteiger partial charge in [0, 0.05) is 13.1 Å². The molecule has 1 fully saturated rings. The molecule has 2 rings (SSSR count). The molecule has 1 unspecified atom stereocenters. The first-order valence-corrected chi connectivity index (χ1v) is 10.3. The van der Waals surface area contributed by atoms with Crippen molar-refractivity contribution in [3.63, 3.8) is 0 Å². The topological polar surface area (TPSA) is 66.9 Å². The molecule has 0 bridgehead atoms. The molecule has 1 aromatic carbocycles. The molecule has 0 saturated carbocycles. The first kappa shape index (κ1) is 19.7. The minimum atomic E-state index is -2.94. The Kier molecular flexibility index (Phi) is 6.46. The second kappa shape index (κ2) is 8.19. The fourth-order valence-corrected chi connectivity index (χ4v) is 4.67. The van der Waals surface area contributed by atoms with Crippen LogP contribution in [0.25, 0.3) is 0 Å². The monoisotopic (exact) mass is 368 g/mol. The van der Waals surface area contributed by atoms with E-state index >= 15 is 0 Å². The minimum Gasteiger partial charge on any atom is -0.491 e. The van der Waals surface area contributed by atoms with Crippen molar-refractivity contribution in [3.05, 3.63) is 29.3 Å². The number of sulfone groups is 1. The number of hydrogen-bond donors (Lipinski definition) is 0. The van der Waals surface area contributed by atoms with Crippen molar-refractivity contribution in [1.29, 1.82) is 0 Å². The van der Waals surface area contributed by atoms with Crippen LogP contribution in [0.3, 0.4) is 0 Å². The fourth-order valence-electron chi connectivity index (χ4n) is 2.87. The largest absolute Gasteiger partial charge is 0.491 e. The SMILES string of the molecule is Cc1ccc(C)c(OCCN(C)C(=O)CN(C)C2CCS(=O)(=O)C2)c1. The third-order valence-corrected chi connectivity index (χ3v) is 6.42. The second-order valence-corrected chi connectivity index (χ2v) is 9.13. The zero-order chi connectivity index (χ0) is 18.6. The highest BCUT2D eigenvalue weighted by Gasteiger charge is 2.31. The lowest BCUT2D eigenvalue weighted by Gasteiger charge is -2.25. The summed E-state index contributed by atoms with van der Waals surface area (Å²) in [5.41, 5.74) is 2.21. The van der Waals surface area contributed by atoms with E-state index in [0.29, 0.717) is 19.6 Å². The van der Waals surface area contributed by atoms with E-state index in [9.17, 15) is 13.2 Å². The molecule has 1 aliphatic heterocycles. The molecule has 0 radical (unpaired) electrons. The molecule has 0 aliphatic carbocycles. The Morgan fingerprint density at radius 1 is 1.28 bits per heavy atom. The average Bonchev–Trinajstić information content (AvgIpc) is 2.90. The number of aryl methyl sites for hydroxylation is 2. The van der Waals surface area contributed by atoms with Gasteiger partial charge in [0.1, 0.15) is 12.4 Å². The highest BCUT2D eigenvalue weighted by molar-refractivity contribution is 7.91. The zero-order valence-corrected chi connectivity index (χ0v) is 16.3. The summed E-state index contributed by atoms with van der Waals surface area (Å²) in [6, 6.07) is 5.99. The Morgan fingerprint density at radius 2 is 2.00 bits per heavy atom. The third-order valence-electron chi connectivity index (χ3n) is 4.67. The first-order chi connectivity index (χ1) is 11.7. The van der Waals surface area contributed by atoms with Crippen LogP contribution in [0.1, 0.15) is 17.5 Å². The smallest absolute Gasteiger partial charge is 0.236 e. The fraction of sp³-hybridized carbons (Fsp3) is 0.611. The Morgan fingerprint density at radius 3 is 2.64 bits per heavy atom. The van der Waals surface area contributed by atoms with Gasteiger partial charge < -0.3 is 9.64 Å². The van der Waals surface area contributed by atoms with Gasteiger partial charge in [0.15, 0.2) is 9.84 Å². The van der Waals surface area contributed by atoms with Crippen molar-refractivity contribution in [2.75, 3.05) is 45.3 Å². The standard InChI is InChI=1S/C18H28N2O4S/c1-14-5-6-15(2)17(11-14)24-9-8-19(3)18(21)12-20(4)16-7-10-25(22,23)13-16/h5-6,11,16H,7-10,12-13H2,1-4H3. The molecular weight excluding hydrogens is 340 g/mol. The number of amides is 1. The molecule has 140 valence electrons. The van der Waals surface area contributed by atoms with Crippen LogP contribution in [-0.2, 0) is 14.6 Å². The van der Waals surface area contributed by atoms with Crippen LogP contribution in [0.2, 0.25) is 0 Å². The number of ether oxygens (including phenoxy) is 1. The Balaban J connectivity index is 1.77. The summed E-state index contributed by atoms with van der Waals surface area (Å²) < 4.78 is 28.9. The summed E-state index contributed by atoms with van der Waals surface area (Å²) in [6.07, 6.45) is 0.603. The number of benzene rings is 1. The van der Waals surface area contributed by atoms with Crippen molar-refractivity contribution in [2.45, 2.75) is 26.3 Å². The van der Waals surface area contributed by atoms with E-state index in [4.69, 9.17) is 4.74 Å². The third kappa shape index (κ3) is 5.71. The maximum Gasteiger partial charge on any atom is 0.236 e. The molecule has 1 atom stereocenters. The van der Waals surface area contributed by atoms with Crippen molar-refractivity contribution < 1.29 is 17.9 Å². The molecule has 1 saturated heterocycles. The molecule has 1 amide bonds. The lowest BCUT2D eigenvalue weighted by molar-refractivity contribution is -0.131. The normalized spacial score (nSPS) is 19.2. The van der Waals surface area contributed by atoms with Gasteiger partial charge in [0.25, 0.3) is 0 Å². The van der Waals surface area contributed by atoms with Crippen LogP contribution in [0.15, 0.2) is 18.2 Å². The predicted octanol–water partition coefficient (Wildman–Crippen LogP) is 1.26. The highest BCUT2D eigenvalue weighted by Crippen LogP contribution is 2.19. The Labute approximate surface area is 150 Å². The van der Waals surface area contributed by atoms with E-state index in [2.05, 4.69) is 0 Å². The number of rotatable bonds is 7. The maximum absolute atomic E-state index is 12.3. The van der Waals surface area contributed by atoms with Gasteiger partial charge in [-0.15, -0.1) is 0 Å². The van der Waals surface area contributed by atoms with Crippen molar-refractivity contribution in [1.82, 2.24) is 9.80 Å². The number of nitrogens with zero attached hydrogens (tertiary/aromatic N) is 2. The lowest BCUT2D eigenvalue weighted by Crippen LogP contribution is -2.42. The number of carbonyl (C=O) groups excluding carboxylic acids is 1. The van der Waals surface area contributed by atoms with Crippen molar-refractivity contribution >= 4 is 15.7 Å². The van der Waals surface area contributed by atoms with E-state index in [1.54, 1.807) is 11.9 Å². The zero-order valence-electron chi connectivity index (χ0n) is 15.5. The molecule has 25 heavy (non-hydrogen) atoms. The summed E-state index contributed by atoms with van der Waals surface area (Å²) in [5.74, 6) is 1.18. The van der Waals surface area contributed by atoms with Gasteiger partial charge in [-0.3, -0.25) is 9.69 Å². The average molecular weight is 368 g/mol. The van der Waals surface area contributed by atoms with E-state index in [0.717, 1.165) is 16.9 Å². The summed E-state index contributed by atoms with van der Waals surface area (Å²) >= 11 is 0. The minimum absolute atomic E-state index is 0.0311. The molecule has 7 heteroatoms. The molecule has 0 spiro atoms. The van der Waals surface area contributed by atoms with Crippen LogP contribution in [-0.4, -0.2) is 75.5 Å². The molecule has 1 heterocycles. The lowest BCUT2D eigenvalue weighted by atomic mass is 10.1. The van der Waals surface area contributed by atoms with Gasteiger partial charge in [0.05, 0.1) is 24.6 Å². The second-order valence-electron chi connectivity index (χ2n) is 6.90. The van der Waals surface area contributed by atoms with Crippen LogP contribution in [0, 0.1) is 13.8 Å². The number of hydrogen-bond acceptors (Lipinski definition) is 5. The van der Waals surface area contributed by atoms with E-state index in [-0.39, 0.29) is 30.0 Å². The van der Waals surface area contributed by atoms with Gasteiger partial charge in [-0.1, -0.05) is 12.1 Å². The van der Waals surface area contributed by atoms with Gasteiger partial charge in [-0.2, -0.15) is 0 Å². The van der Waals surface area contributed by atoms with Crippen LogP contribution in [0.5, 0.6) is 5.75 Å². The molecule has 0 N–H and O–H groups in total. The molecule has 1 aromatic rings. The Hall–Kier alpha value is -1.60. The number of carbonyl (C=O) groups is 1. The summed E-state index contributed by atoms with van der Waals surface area (Å²) in [5, 5.41) is 0. The molecule has 1 aliphatic rings. The van der Waals surface area contributed by atoms with Crippen LogP contribution < -0.4 is 4.74 Å². The van der Waals surface area contributed by atoms with Gasteiger partial charge in [0.2, 0.25) is 5.91 Å². The molecule has 0 aromatic heterocycles. The Bertz CT molecular complexity index is 718. The van der Waals surface area contributed by atoms with E-state index in [1.807, 2.05) is 44.0 Å². The van der Waals surface area contributed by atoms with Crippen molar-refractivity contribution in [2.24, 2.45) is 0 Å². The van der Waals surface area contributed by atoms with Crippen LogP contribution in [0.4, 0.5) is 0 Å². The van der Waals surface area contributed by atoms with Gasteiger partial charge in [-0.25, -0.2) is 8.42 Å². The van der Waals surface area contributed by atoms with Crippen molar-refractivity contribution in [3.8, 4) is 5.75 Å². The van der Waals surface area contributed by atoms with E-state index < -0.39 is 9.84 Å². The summed E-state index contributed by atoms with van der Waals surface area (Å²) in [7, 11) is 0.618. The highest BCUT2D eigenvalue weighted by atomic mass is 32.2. The molecular formula is C18H28N2O4S.